The average Bonchev–Trinajstić information content (AvgIpc) is 3.11. The largest absolute Gasteiger partial charge is 0.497 e. The first kappa shape index (κ1) is 18.1. The Labute approximate surface area is 155 Å². The smallest absolute Gasteiger partial charge is 0.282 e. The number of imidazole rings is 1. The first-order valence-corrected chi connectivity index (χ1v) is 8.16. The fraction of sp³-hybridized carbons (Fsp3) is 0.158. The van der Waals surface area contributed by atoms with Gasteiger partial charge in [0.2, 0.25) is 0 Å². The van der Waals surface area contributed by atoms with E-state index in [9.17, 15) is 14.9 Å². The van der Waals surface area contributed by atoms with Crippen LogP contribution in [0.5, 0.6) is 5.75 Å². The van der Waals surface area contributed by atoms with Crippen LogP contribution < -0.4 is 10.1 Å². The van der Waals surface area contributed by atoms with Gasteiger partial charge >= 0.3 is 0 Å². The zero-order valence-electron chi connectivity index (χ0n) is 14.8. The van der Waals surface area contributed by atoms with Crippen molar-refractivity contribution in [1.82, 2.24) is 14.9 Å². The van der Waals surface area contributed by atoms with Crippen molar-refractivity contribution in [2.24, 2.45) is 7.05 Å². The molecule has 0 fully saturated rings. The molecule has 3 rings (SSSR count). The summed E-state index contributed by atoms with van der Waals surface area (Å²) in [5.74, 6) is 0.737. The maximum absolute atomic E-state index is 12.8. The van der Waals surface area contributed by atoms with Gasteiger partial charge in [0.1, 0.15) is 23.2 Å². The summed E-state index contributed by atoms with van der Waals surface area (Å²) >= 11 is 0. The highest BCUT2D eigenvalue weighted by molar-refractivity contribution is 5.98. The van der Waals surface area contributed by atoms with Crippen molar-refractivity contribution in [1.29, 1.82) is 0 Å². The fourth-order valence-electron chi connectivity index (χ4n) is 2.78. The van der Waals surface area contributed by atoms with E-state index in [0.717, 1.165) is 5.56 Å². The number of nitro groups is 1. The number of nitrogens with zero attached hydrogens (tertiary/aromatic N) is 3. The maximum atomic E-state index is 12.8. The summed E-state index contributed by atoms with van der Waals surface area (Å²) in [6, 6.07) is 12.5. The Morgan fingerprint density at radius 1 is 1.22 bits per heavy atom. The third-order valence-corrected chi connectivity index (χ3v) is 4.19. The van der Waals surface area contributed by atoms with E-state index >= 15 is 0 Å². The van der Waals surface area contributed by atoms with Crippen molar-refractivity contribution in [3.8, 4) is 5.75 Å². The summed E-state index contributed by atoms with van der Waals surface area (Å²) in [5.41, 5.74) is 0.524. The average molecular weight is 366 g/mol. The van der Waals surface area contributed by atoms with Gasteiger partial charge in [0, 0.05) is 25.5 Å². The first-order valence-electron chi connectivity index (χ1n) is 8.16. The molecule has 8 nitrogen and oxygen atoms in total. The highest BCUT2D eigenvalue weighted by Crippen LogP contribution is 2.25. The number of para-hydroxylation sites is 1. The normalized spacial score (nSPS) is 11.6. The number of carbonyl (C=O) groups is 1. The predicted molar refractivity (Wildman–Crippen MR) is 98.6 cm³/mol. The number of hydrogen-bond donors (Lipinski definition) is 1. The second-order valence-corrected chi connectivity index (χ2v) is 5.85. The van der Waals surface area contributed by atoms with Crippen molar-refractivity contribution in [3.05, 3.63) is 88.0 Å². The van der Waals surface area contributed by atoms with Crippen LogP contribution in [-0.4, -0.2) is 27.5 Å². The molecule has 0 saturated heterocycles. The number of benzene rings is 2. The molecule has 0 aliphatic heterocycles. The lowest BCUT2D eigenvalue weighted by molar-refractivity contribution is -0.385. The molecule has 1 aromatic heterocycles. The van der Waals surface area contributed by atoms with E-state index in [4.69, 9.17) is 4.74 Å². The second kappa shape index (κ2) is 7.69. The third-order valence-electron chi connectivity index (χ3n) is 4.19. The van der Waals surface area contributed by atoms with E-state index in [0.29, 0.717) is 11.6 Å². The number of rotatable bonds is 6. The lowest BCUT2D eigenvalue weighted by Crippen LogP contribution is -2.31. The quantitative estimate of drug-likeness (QED) is 0.534. The molecular weight excluding hydrogens is 348 g/mol. The van der Waals surface area contributed by atoms with Gasteiger partial charge in [-0.15, -0.1) is 0 Å². The Morgan fingerprint density at radius 3 is 2.52 bits per heavy atom. The Kier molecular flexibility index (Phi) is 5.16. The van der Waals surface area contributed by atoms with Crippen molar-refractivity contribution in [2.75, 3.05) is 7.11 Å². The molecule has 0 radical (unpaired) electrons. The molecule has 0 spiro atoms. The number of aryl methyl sites for hydroxylation is 1. The van der Waals surface area contributed by atoms with E-state index in [-0.39, 0.29) is 11.3 Å². The van der Waals surface area contributed by atoms with E-state index < -0.39 is 16.9 Å². The van der Waals surface area contributed by atoms with E-state index in [1.807, 2.05) is 19.2 Å². The molecule has 0 saturated carbocycles. The topological polar surface area (TPSA) is 99.3 Å². The number of ether oxygens (including phenoxy) is 1. The SMILES string of the molecule is COc1ccc(C(NC(=O)c2ccccc2[N+](=O)[O-])c2nccn2C)cc1. The summed E-state index contributed by atoms with van der Waals surface area (Å²) < 4.78 is 6.96. The molecule has 1 atom stereocenters. The van der Waals surface area contributed by atoms with Gasteiger partial charge in [-0.3, -0.25) is 14.9 Å². The van der Waals surface area contributed by atoms with Crippen molar-refractivity contribution < 1.29 is 14.5 Å². The minimum Gasteiger partial charge on any atom is -0.497 e. The number of carbonyl (C=O) groups excluding carboxylic acids is 1. The van der Waals surface area contributed by atoms with Crippen LogP contribution in [0.15, 0.2) is 60.9 Å². The second-order valence-electron chi connectivity index (χ2n) is 5.85. The summed E-state index contributed by atoms with van der Waals surface area (Å²) in [4.78, 5) is 27.8. The van der Waals surface area contributed by atoms with Crippen molar-refractivity contribution in [2.45, 2.75) is 6.04 Å². The van der Waals surface area contributed by atoms with Crippen LogP contribution in [0.1, 0.15) is 27.8 Å². The molecule has 0 bridgehead atoms. The molecule has 1 amide bonds. The van der Waals surface area contributed by atoms with Gasteiger partial charge in [0.05, 0.1) is 12.0 Å². The Bertz CT molecular complexity index is 966. The molecule has 1 N–H and O–H groups in total. The van der Waals surface area contributed by atoms with Crippen LogP contribution in [0.2, 0.25) is 0 Å². The summed E-state index contributed by atoms with van der Waals surface area (Å²) in [6.07, 6.45) is 3.39. The zero-order valence-corrected chi connectivity index (χ0v) is 14.8. The summed E-state index contributed by atoms with van der Waals surface area (Å²) in [7, 11) is 3.39. The summed E-state index contributed by atoms with van der Waals surface area (Å²) in [5, 5.41) is 14.1. The molecular formula is C19H18N4O4. The molecule has 0 aliphatic rings. The molecule has 2 aromatic carbocycles. The number of nitrogens with one attached hydrogen (secondary N) is 1. The van der Waals surface area contributed by atoms with E-state index in [2.05, 4.69) is 10.3 Å². The zero-order chi connectivity index (χ0) is 19.4. The molecule has 8 heteroatoms. The van der Waals surface area contributed by atoms with Crippen LogP contribution >= 0.6 is 0 Å². The van der Waals surface area contributed by atoms with E-state index in [1.54, 1.807) is 42.3 Å². The Hall–Kier alpha value is -3.68. The van der Waals surface area contributed by atoms with Gasteiger partial charge in [0.25, 0.3) is 11.6 Å². The number of nitro benzene ring substituents is 1. The monoisotopic (exact) mass is 366 g/mol. The van der Waals surface area contributed by atoms with Crippen LogP contribution in [0.4, 0.5) is 5.69 Å². The number of amides is 1. The highest BCUT2D eigenvalue weighted by Gasteiger charge is 2.25. The highest BCUT2D eigenvalue weighted by atomic mass is 16.6. The molecule has 3 aromatic rings. The van der Waals surface area contributed by atoms with Gasteiger partial charge in [-0.2, -0.15) is 0 Å². The van der Waals surface area contributed by atoms with E-state index in [1.165, 1.54) is 18.2 Å². The van der Waals surface area contributed by atoms with Crippen LogP contribution in [0.25, 0.3) is 0 Å². The number of aromatic nitrogens is 2. The lowest BCUT2D eigenvalue weighted by atomic mass is 10.0. The Morgan fingerprint density at radius 2 is 1.93 bits per heavy atom. The number of methoxy groups -OCH3 is 1. The summed E-state index contributed by atoms with van der Waals surface area (Å²) in [6.45, 7) is 0. The molecule has 0 aliphatic carbocycles. The molecule has 138 valence electrons. The minimum absolute atomic E-state index is 0.00443. The molecule has 1 heterocycles. The third kappa shape index (κ3) is 3.79. The van der Waals surface area contributed by atoms with Crippen molar-refractivity contribution >= 4 is 11.6 Å². The molecule has 1 unspecified atom stereocenters. The van der Waals surface area contributed by atoms with Gasteiger partial charge in [-0.25, -0.2) is 4.98 Å². The van der Waals surface area contributed by atoms with Gasteiger partial charge < -0.3 is 14.6 Å². The Balaban J connectivity index is 1.98. The van der Waals surface area contributed by atoms with Crippen LogP contribution in [0.3, 0.4) is 0 Å². The minimum atomic E-state index is -0.580. The first-order chi connectivity index (χ1) is 13.0. The molecule has 27 heavy (non-hydrogen) atoms. The number of hydrogen-bond acceptors (Lipinski definition) is 5. The maximum Gasteiger partial charge on any atom is 0.282 e. The lowest BCUT2D eigenvalue weighted by Gasteiger charge is -2.19. The predicted octanol–water partition coefficient (Wildman–Crippen LogP) is 2.86. The van der Waals surface area contributed by atoms with Gasteiger partial charge in [-0.1, -0.05) is 24.3 Å². The van der Waals surface area contributed by atoms with Crippen LogP contribution in [0, 0.1) is 10.1 Å². The standard InChI is InChI=1S/C19H18N4O4/c1-22-12-11-20-18(22)17(13-7-9-14(27-2)10-8-13)21-19(24)15-5-3-4-6-16(15)23(25)26/h3-12,17H,1-2H3,(H,21,24). The van der Waals surface area contributed by atoms with Crippen LogP contribution in [-0.2, 0) is 7.05 Å². The van der Waals surface area contributed by atoms with Gasteiger partial charge in [-0.05, 0) is 23.8 Å². The van der Waals surface area contributed by atoms with Crippen molar-refractivity contribution in [3.63, 3.8) is 0 Å². The van der Waals surface area contributed by atoms with Gasteiger partial charge in [0.15, 0.2) is 0 Å². The fourth-order valence-corrected chi connectivity index (χ4v) is 2.78.